The van der Waals surface area contributed by atoms with E-state index >= 15 is 0 Å². The molecule has 0 atom stereocenters. The lowest BCUT2D eigenvalue weighted by atomic mass is 10.1. The Morgan fingerprint density at radius 3 is 2.60 bits per heavy atom. The summed E-state index contributed by atoms with van der Waals surface area (Å²) in [5.74, 6) is 2.05. The molecule has 0 unspecified atom stereocenters. The maximum Gasteiger partial charge on any atom is 0.164 e. The summed E-state index contributed by atoms with van der Waals surface area (Å²) in [5.41, 5.74) is 1.74. The van der Waals surface area contributed by atoms with Gasteiger partial charge in [-0.05, 0) is 12.1 Å². The summed E-state index contributed by atoms with van der Waals surface area (Å²) in [6.07, 6.45) is 4.03. The second-order valence-corrected chi connectivity index (χ2v) is 6.40. The highest BCUT2D eigenvalue weighted by Gasteiger charge is 2.18. The molecule has 1 fully saturated rings. The van der Waals surface area contributed by atoms with Crippen molar-refractivity contribution in [3.63, 3.8) is 0 Å². The number of nitrogens with zero attached hydrogens (tertiary/aromatic N) is 4. The third-order valence-electron chi connectivity index (χ3n) is 4.73. The fraction of sp³-hybridized carbons (Fsp3) is 0.526. The highest BCUT2D eigenvalue weighted by molar-refractivity contribution is 5.95. The largest absolute Gasteiger partial charge is 0.361 e. The molecule has 3 rings (SSSR count). The SMILES string of the molecule is CCC(=O)c1ccc(N2CCN(CCc3cc(CC)on3)CC2)nc1. The summed E-state index contributed by atoms with van der Waals surface area (Å²) in [6.45, 7) is 8.87. The molecule has 0 radical (unpaired) electrons. The van der Waals surface area contributed by atoms with Crippen molar-refractivity contribution in [2.45, 2.75) is 33.1 Å². The first-order valence-corrected chi connectivity index (χ1v) is 9.10. The Labute approximate surface area is 148 Å². The average Bonchev–Trinajstić information content (AvgIpc) is 3.14. The molecule has 1 aliphatic rings. The van der Waals surface area contributed by atoms with Gasteiger partial charge in [-0.1, -0.05) is 19.0 Å². The van der Waals surface area contributed by atoms with Gasteiger partial charge in [0.05, 0.1) is 5.69 Å². The zero-order valence-corrected chi connectivity index (χ0v) is 15.1. The van der Waals surface area contributed by atoms with E-state index < -0.39 is 0 Å². The van der Waals surface area contributed by atoms with Gasteiger partial charge in [-0.2, -0.15) is 0 Å². The molecule has 0 saturated carbocycles. The Hall–Kier alpha value is -2.21. The molecule has 6 nitrogen and oxygen atoms in total. The maximum atomic E-state index is 11.7. The smallest absolute Gasteiger partial charge is 0.164 e. The molecule has 3 heterocycles. The van der Waals surface area contributed by atoms with Crippen LogP contribution >= 0.6 is 0 Å². The van der Waals surface area contributed by atoms with Crippen molar-refractivity contribution < 1.29 is 9.32 Å². The van der Waals surface area contributed by atoms with E-state index in [1.807, 2.05) is 19.1 Å². The highest BCUT2D eigenvalue weighted by Crippen LogP contribution is 2.15. The molecular weight excluding hydrogens is 316 g/mol. The van der Waals surface area contributed by atoms with Gasteiger partial charge >= 0.3 is 0 Å². The van der Waals surface area contributed by atoms with E-state index in [-0.39, 0.29) is 5.78 Å². The Bertz CT molecular complexity index is 688. The number of anilines is 1. The van der Waals surface area contributed by atoms with E-state index in [0.717, 1.165) is 62.8 Å². The normalized spacial score (nSPS) is 15.5. The van der Waals surface area contributed by atoms with Crippen LogP contribution in [0.2, 0.25) is 0 Å². The molecule has 1 saturated heterocycles. The fourth-order valence-electron chi connectivity index (χ4n) is 3.06. The van der Waals surface area contributed by atoms with Gasteiger partial charge in [0.2, 0.25) is 0 Å². The van der Waals surface area contributed by atoms with Crippen molar-refractivity contribution in [2.75, 3.05) is 37.6 Å². The predicted molar refractivity (Wildman–Crippen MR) is 97.1 cm³/mol. The number of carbonyl (C=O) groups excluding carboxylic acids is 1. The zero-order valence-electron chi connectivity index (χ0n) is 15.1. The number of aryl methyl sites for hydroxylation is 1. The Balaban J connectivity index is 1.47. The number of Topliss-reactive ketones (excluding diaryl/α,β-unsaturated/α-hetero) is 1. The van der Waals surface area contributed by atoms with Gasteiger partial charge in [0.1, 0.15) is 11.6 Å². The van der Waals surface area contributed by atoms with Crippen LogP contribution in [-0.2, 0) is 12.8 Å². The summed E-state index contributed by atoms with van der Waals surface area (Å²) in [5, 5.41) is 4.11. The minimum absolute atomic E-state index is 0.142. The Morgan fingerprint density at radius 2 is 2.00 bits per heavy atom. The first-order valence-electron chi connectivity index (χ1n) is 9.10. The lowest BCUT2D eigenvalue weighted by molar-refractivity contribution is 0.0988. The van der Waals surface area contributed by atoms with Gasteiger partial charge in [0, 0.05) is 69.8 Å². The average molecular weight is 342 g/mol. The number of hydrogen-bond acceptors (Lipinski definition) is 6. The predicted octanol–water partition coefficient (Wildman–Crippen LogP) is 2.59. The molecule has 134 valence electrons. The minimum Gasteiger partial charge on any atom is -0.361 e. The van der Waals surface area contributed by atoms with Gasteiger partial charge in [-0.25, -0.2) is 4.98 Å². The molecular formula is C19H26N4O2. The van der Waals surface area contributed by atoms with Gasteiger partial charge in [0.15, 0.2) is 5.78 Å². The molecule has 2 aromatic rings. The van der Waals surface area contributed by atoms with E-state index in [1.54, 1.807) is 6.20 Å². The molecule has 0 amide bonds. The Kier molecular flexibility index (Phi) is 5.81. The second-order valence-electron chi connectivity index (χ2n) is 6.40. The highest BCUT2D eigenvalue weighted by atomic mass is 16.5. The molecule has 0 aliphatic carbocycles. The van der Waals surface area contributed by atoms with E-state index in [2.05, 4.69) is 32.9 Å². The van der Waals surface area contributed by atoms with Gasteiger partial charge in [0.25, 0.3) is 0 Å². The van der Waals surface area contributed by atoms with E-state index in [9.17, 15) is 4.79 Å². The summed E-state index contributed by atoms with van der Waals surface area (Å²) in [4.78, 5) is 20.9. The van der Waals surface area contributed by atoms with Crippen LogP contribution in [0.25, 0.3) is 0 Å². The van der Waals surface area contributed by atoms with Crippen LogP contribution in [0.15, 0.2) is 28.9 Å². The van der Waals surface area contributed by atoms with E-state index in [0.29, 0.717) is 12.0 Å². The van der Waals surface area contributed by atoms with Crippen LogP contribution in [-0.4, -0.2) is 53.5 Å². The van der Waals surface area contributed by atoms with Crippen molar-refractivity contribution >= 4 is 11.6 Å². The molecule has 6 heteroatoms. The van der Waals surface area contributed by atoms with E-state index in [4.69, 9.17) is 4.52 Å². The van der Waals surface area contributed by atoms with Crippen LogP contribution in [0.5, 0.6) is 0 Å². The Morgan fingerprint density at radius 1 is 1.20 bits per heavy atom. The van der Waals surface area contributed by atoms with Crippen molar-refractivity contribution in [1.29, 1.82) is 0 Å². The fourth-order valence-corrected chi connectivity index (χ4v) is 3.06. The molecule has 0 aromatic carbocycles. The minimum atomic E-state index is 0.142. The third kappa shape index (κ3) is 4.45. The monoisotopic (exact) mass is 342 g/mol. The second kappa shape index (κ2) is 8.25. The third-order valence-corrected chi connectivity index (χ3v) is 4.73. The number of pyridine rings is 1. The standard InChI is InChI=1S/C19H26N4O2/c1-3-17-13-16(21-25-17)7-8-22-9-11-23(12-10-22)19-6-5-15(14-20-19)18(24)4-2/h5-6,13-14H,3-4,7-12H2,1-2H3. The van der Waals surface area contributed by atoms with Gasteiger partial charge in [-0.15, -0.1) is 0 Å². The summed E-state index contributed by atoms with van der Waals surface area (Å²) < 4.78 is 5.25. The number of aromatic nitrogens is 2. The van der Waals surface area contributed by atoms with Crippen LogP contribution < -0.4 is 4.90 Å². The van der Waals surface area contributed by atoms with Gasteiger partial charge < -0.3 is 9.42 Å². The van der Waals surface area contributed by atoms with Crippen molar-refractivity contribution in [3.05, 3.63) is 41.4 Å². The van der Waals surface area contributed by atoms with Crippen LogP contribution in [0, 0.1) is 0 Å². The topological polar surface area (TPSA) is 62.5 Å². The van der Waals surface area contributed by atoms with Crippen LogP contribution in [0.4, 0.5) is 5.82 Å². The number of rotatable bonds is 7. The lowest BCUT2D eigenvalue weighted by Crippen LogP contribution is -2.47. The number of carbonyl (C=O) groups is 1. The molecule has 0 spiro atoms. The first kappa shape index (κ1) is 17.6. The number of hydrogen-bond donors (Lipinski definition) is 0. The quantitative estimate of drug-likeness (QED) is 0.721. The molecule has 0 N–H and O–H groups in total. The summed E-state index contributed by atoms with van der Waals surface area (Å²) in [6, 6.07) is 5.90. The van der Waals surface area contributed by atoms with Gasteiger partial charge in [-0.3, -0.25) is 9.69 Å². The molecule has 1 aliphatic heterocycles. The summed E-state index contributed by atoms with van der Waals surface area (Å²) >= 11 is 0. The molecule has 25 heavy (non-hydrogen) atoms. The number of ketones is 1. The molecule has 0 bridgehead atoms. The van der Waals surface area contributed by atoms with Crippen LogP contribution in [0.1, 0.15) is 42.1 Å². The maximum absolute atomic E-state index is 11.7. The summed E-state index contributed by atoms with van der Waals surface area (Å²) in [7, 11) is 0. The van der Waals surface area contributed by atoms with Crippen molar-refractivity contribution in [3.8, 4) is 0 Å². The first-order chi connectivity index (χ1) is 12.2. The van der Waals surface area contributed by atoms with Crippen molar-refractivity contribution in [2.24, 2.45) is 0 Å². The van der Waals surface area contributed by atoms with Crippen LogP contribution in [0.3, 0.4) is 0 Å². The lowest BCUT2D eigenvalue weighted by Gasteiger charge is -2.35. The number of piperazine rings is 1. The zero-order chi connectivity index (χ0) is 17.6. The van der Waals surface area contributed by atoms with E-state index in [1.165, 1.54) is 0 Å². The molecule has 2 aromatic heterocycles. The van der Waals surface area contributed by atoms with Crippen molar-refractivity contribution in [1.82, 2.24) is 15.0 Å².